The molecule has 5 nitrogen and oxygen atoms in total. The van der Waals surface area contributed by atoms with Crippen LogP contribution >= 0.6 is 0 Å². The van der Waals surface area contributed by atoms with Crippen LogP contribution in [0.2, 0.25) is 0 Å². The van der Waals surface area contributed by atoms with Crippen LogP contribution in [-0.2, 0) is 23.8 Å². The zero-order chi connectivity index (χ0) is 47.7. The molecule has 0 amide bonds. The van der Waals surface area contributed by atoms with Crippen molar-refractivity contribution in [3.05, 3.63) is 85.1 Å². The van der Waals surface area contributed by atoms with E-state index in [2.05, 4.69) is 93.7 Å². The Hall–Kier alpha value is -2.92. The average molecular weight is 920 g/mol. The second kappa shape index (κ2) is 56.4. The fourth-order valence-corrected chi connectivity index (χ4v) is 7.75. The van der Waals surface area contributed by atoms with Crippen LogP contribution < -0.4 is 0 Å². The van der Waals surface area contributed by atoms with E-state index in [-0.39, 0.29) is 31.6 Å². The standard InChI is InChI=1S/C61H106O5/c1-4-7-10-13-16-19-22-25-28-30-31-32-34-36-39-42-45-48-51-54-60(62)65-58-59(57-64-56-53-50-47-44-41-38-35-29-26-23-20-17-14-11-8-5-2)66-61(63)55-52-49-46-43-40-37-33-27-24-21-18-15-12-9-6-3/h9,12,18,21,25-29,33,40,43,49,52,59H,4-8,10-11,13-17,19-20,22-24,30-32,34-39,41-42,44-48,50-51,53-58H2,1-3H3/b12-9-,21-18-,28-25-,29-26-,33-27-,43-40-,52-49-. The van der Waals surface area contributed by atoms with Gasteiger partial charge >= 0.3 is 11.9 Å². The number of hydrogen-bond donors (Lipinski definition) is 0. The summed E-state index contributed by atoms with van der Waals surface area (Å²) in [6, 6.07) is 0. The molecule has 0 aliphatic heterocycles. The van der Waals surface area contributed by atoms with Gasteiger partial charge in [0.1, 0.15) is 6.61 Å². The first kappa shape index (κ1) is 63.1. The van der Waals surface area contributed by atoms with E-state index in [1.165, 1.54) is 167 Å². The molecule has 0 fully saturated rings. The molecule has 0 heterocycles. The fourth-order valence-electron chi connectivity index (χ4n) is 7.75. The largest absolute Gasteiger partial charge is 0.462 e. The highest BCUT2D eigenvalue weighted by molar-refractivity contribution is 5.71. The van der Waals surface area contributed by atoms with E-state index < -0.39 is 6.10 Å². The van der Waals surface area contributed by atoms with E-state index in [1.807, 2.05) is 12.2 Å². The molecule has 0 rings (SSSR count). The maximum absolute atomic E-state index is 12.8. The van der Waals surface area contributed by atoms with Gasteiger partial charge in [0.05, 0.1) is 13.0 Å². The third kappa shape index (κ3) is 53.7. The molecule has 0 spiro atoms. The summed E-state index contributed by atoms with van der Waals surface area (Å²) >= 11 is 0. The van der Waals surface area contributed by atoms with Crippen LogP contribution in [0.15, 0.2) is 85.1 Å². The van der Waals surface area contributed by atoms with E-state index in [0.717, 1.165) is 64.2 Å². The van der Waals surface area contributed by atoms with Crippen molar-refractivity contribution in [2.24, 2.45) is 0 Å². The lowest BCUT2D eigenvalue weighted by molar-refractivity contribution is -0.162. The Kier molecular flexibility index (Phi) is 53.9. The summed E-state index contributed by atoms with van der Waals surface area (Å²) in [4.78, 5) is 25.4. The second-order valence-corrected chi connectivity index (χ2v) is 18.5. The highest BCUT2D eigenvalue weighted by Crippen LogP contribution is 2.14. The number of esters is 2. The number of hydrogen-bond acceptors (Lipinski definition) is 5. The molecule has 0 aromatic heterocycles. The van der Waals surface area contributed by atoms with Crippen molar-refractivity contribution in [1.29, 1.82) is 0 Å². The van der Waals surface area contributed by atoms with Crippen LogP contribution in [0.1, 0.15) is 265 Å². The van der Waals surface area contributed by atoms with E-state index >= 15 is 0 Å². The molecule has 1 unspecified atom stereocenters. The van der Waals surface area contributed by atoms with Gasteiger partial charge in [-0.15, -0.1) is 0 Å². The average Bonchev–Trinajstić information content (AvgIpc) is 3.32. The van der Waals surface area contributed by atoms with Gasteiger partial charge in [0.25, 0.3) is 0 Å². The minimum Gasteiger partial charge on any atom is -0.462 e. The molecule has 0 radical (unpaired) electrons. The molecule has 0 aliphatic rings. The summed E-state index contributed by atoms with van der Waals surface area (Å²) in [5, 5.41) is 0. The lowest BCUT2D eigenvalue weighted by Gasteiger charge is -2.18. The molecular weight excluding hydrogens is 813 g/mol. The van der Waals surface area contributed by atoms with E-state index in [9.17, 15) is 9.59 Å². The van der Waals surface area contributed by atoms with Crippen molar-refractivity contribution < 1.29 is 23.8 Å². The van der Waals surface area contributed by atoms with Gasteiger partial charge in [0, 0.05) is 13.0 Å². The first-order valence-electron chi connectivity index (χ1n) is 28.1. The van der Waals surface area contributed by atoms with Gasteiger partial charge in [-0.3, -0.25) is 9.59 Å². The monoisotopic (exact) mass is 919 g/mol. The smallest absolute Gasteiger partial charge is 0.310 e. The summed E-state index contributed by atoms with van der Waals surface area (Å²) < 4.78 is 17.3. The summed E-state index contributed by atoms with van der Waals surface area (Å²) in [6.07, 6.45) is 74.8. The fraction of sp³-hybridized carbons (Fsp3) is 0.738. The van der Waals surface area contributed by atoms with Gasteiger partial charge < -0.3 is 14.2 Å². The number of unbranched alkanes of at least 4 members (excludes halogenated alkanes) is 27. The molecule has 0 N–H and O–H groups in total. The second-order valence-electron chi connectivity index (χ2n) is 18.5. The Balaban J connectivity index is 4.36. The maximum atomic E-state index is 12.8. The number of carbonyl (C=O) groups excluding carboxylic acids is 2. The third-order valence-electron chi connectivity index (χ3n) is 11.9. The lowest BCUT2D eigenvalue weighted by atomic mass is 10.1. The third-order valence-corrected chi connectivity index (χ3v) is 11.9. The first-order valence-corrected chi connectivity index (χ1v) is 28.1. The van der Waals surface area contributed by atoms with Gasteiger partial charge in [-0.2, -0.15) is 0 Å². The van der Waals surface area contributed by atoms with Crippen LogP contribution in [-0.4, -0.2) is 37.9 Å². The van der Waals surface area contributed by atoms with Gasteiger partial charge in [-0.05, 0) is 96.3 Å². The first-order chi connectivity index (χ1) is 32.6. The predicted octanol–water partition coefficient (Wildman–Crippen LogP) is 19.2. The summed E-state index contributed by atoms with van der Waals surface area (Å²) in [6.45, 7) is 7.61. The van der Waals surface area contributed by atoms with Crippen molar-refractivity contribution in [2.75, 3.05) is 19.8 Å². The molecule has 66 heavy (non-hydrogen) atoms. The number of ether oxygens (including phenoxy) is 3. The molecule has 0 saturated heterocycles. The van der Waals surface area contributed by atoms with Gasteiger partial charge in [0.2, 0.25) is 0 Å². The normalized spacial score (nSPS) is 12.8. The Labute approximate surface area is 409 Å². The summed E-state index contributed by atoms with van der Waals surface area (Å²) in [5.41, 5.74) is 0. The van der Waals surface area contributed by atoms with Crippen molar-refractivity contribution in [2.45, 2.75) is 271 Å². The maximum Gasteiger partial charge on any atom is 0.310 e. The highest BCUT2D eigenvalue weighted by atomic mass is 16.6. The van der Waals surface area contributed by atoms with E-state index in [1.54, 1.807) is 0 Å². The van der Waals surface area contributed by atoms with E-state index in [4.69, 9.17) is 14.2 Å². The highest BCUT2D eigenvalue weighted by Gasteiger charge is 2.17. The molecule has 380 valence electrons. The van der Waals surface area contributed by atoms with Crippen molar-refractivity contribution in [3.8, 4) is 0 Å². The minimum atomic E-state index is -0.598. The zero-order valence-corrected chi connectivity index (χ0v) is 43.7. The summed E-state index contributed by atoms with van der Waals surface area (Å²) in [7, 11) is 0. The molecular formula is C61H106O5. The van der Waals surface area contributed by atoms with Crippen LogP contribution in [0.4, 0.5) is 0 Å². The Morgan fingerprint density at radius 2 is 0.727 bits per heavy atom. The molecule has 1 atom stereocenters. The number of carbonyl (C=O) groups is 2. The summed E-state index contributed by atoms with van der Waals surface area (Å²) in [5.74, 6) is -0.544. The quantitative estimate of drug-likeness (QED) is 0.0346. The van der Waals surface area contributed by atoms with Crippen molar-refractivity contribution >= 4 is 11.9 Å². The molecule has 0 aromatic carbocycles. The Morgan fingerprint density at radius 3 is 1.15 bits per heavy atom. The van der Waals surface area contributed by atoms with Crippen LogP contribution in [0, 0.1) is 0 Å². The molecule has 0 aromatic rings. The number of rotatable bonds is 51. The van der Waals surface area contributed by atoms with Gasteiger partial charge in [0.15, 0.2) is 6.10 Å². The number of allylic oxidation sites excluding steroid dienone is 13. The Bertz CT molecular complexity index is 1220. The zero-order valence-electron chi connectivity index (χ0n) is 43.7. The van der Waals surface area contributed by atoms with Gasteiger partial charge in [-0.25, -0.2) is 0 Å². The van der Waals surface area contributed by atoms with Crippen LogP contribution in [0.3, 0.4) is 0 Å². The lowest BCUT2D eigenvalue weighted by Crippen LogP contribution is -2.29. The van der Waals surface area contributed by atoms with Crippen molar-refractivity contribution in [1.82, 2.24) is 0 Å². The minimum absolute atomic E-state index is 0.0402. The SMILES string of the molecule is CC/C=C\C/C=C\C/C=C\C/C=C\C/C=C\CC(=O)OC(COCCCCCCCC/C=C\CCCCCCCC)COC(=O)CCCCCCCCCCC/C=C\CCCCCCCC. The molecule has 0 bridgehead atoms. The topological polar surface area (TPSA) is 61.8 Å². The molecule has 5 heteroatoms. The van der Waals surface area contributed by atoms with E-state index in [0.29, 0.717) is 13.0 Å². The Morgan fingerprint density at radius 1 is 0.364 bits per heavy atom. The molecule has 0 saturated carbocycles. The molecule has 0 aliphatic carbocycles. The predicted molar refractivity (Wildman–Crippen MR) is 288 cm³/mol. The van der Waals surface area contributed by atoms with Crippen LogP contribution in [0.25, 0.3) is 0 Å². The van der Waals surface area contributed by atoms with Gasteiger partial charge in [-0.1, -0.05) is 241 Å². The van der Waals surface area contributed by atoms with Crippen molar-refractivity contribution in [3.63, 3.8) is 0 Å². The van der Waals surface area contributed by atoms with Crippen LogP contribution in [0.5, 0.6) is 0 Å².